The molecule has 0 aliphatic carbocycles. The van der Waals surface area contributed by atoms with E-state index < -0.39 is 11.8 Å². The van der Waals surface area contributed by atoms with Crippen molar-refractivity contribution < 1.29 is 19.0 Å². The van der Waals surface area contributed by atoms with Crippen LogP contribution in [0.2, 0.25) is 0 Å². The zero-order chi connectivity index (χ0) is 17.0. The number of piperazine rings is 1. The van der Waals surface area contributed by atoms with Gasteiger partial charge in [-0.25, -0.2) is 9.18 Å². The molecule has 23 heavy (non-hydrogen) atoms. The lowest BCUT2D eigenvalue weighted by atomic mass is 10.0. The van der Waals surface area contributed by atoms with Crippen molar-refractivity contribution >= 4 is 5.97 Å². The number of nitrogens with zero attached hydrogens (tertiary/aromatic N) is 2. The normalized spacial score (nSPS) is 17.4. The van der Waals surface area contributed by atoms with Crippen molar-refractivity contribution in [3.63, 3.8) is 0 Å². The average Bonchev–Trinajstić information content (AvgIpc) is 2.49. The molecule has 1 heterocycles. The molecule has 0 bridgehead atoms. The van der Waals surface area contributed by atoms with Crippen LogP contribution >= 0.6 is 0 Å². The summed E-state index contributed by atoms with van der Waals surface area (Å²) in [6.07, 6.45) is 0. The van der Waals surface area contributed by atoms with E-state index in [-0.39, 0.29) is 11.1 Å². The maximum absolute atomic E-state index is 14.0. The van der Waals surface area contributed by atoms with E-state index in [1.54, 1.807) is 13.2 Å². The quantitative estimate of drug-likeness (QED) is 0.868. The van der Waals surface area contributed by atoms with E-state index in [1.165, 1.54) is 6.07 Å². The third-order valence-corrected chi connectivity index (χ3v) is 4.42. The van der Waals surface area contributed by atoms with Gasteiger partial charge in [-0.2, -0.15) is 0 Å². The van der Waals surface area contributed by atoms with Crippen LogP contribution in [0.5, 0.6) is 0 Å². The summed E-state index contributed by atoms with van der Waals surface area (Å²) in [5.41, 5.74) is 0.520. The van der Waals surface area contributed by atoms with Gasteiger partial charge in [-0.05, 0) is 26.0 Å². The van der Waals surface area contributed by atoms with Gasteiger partial charge in [-0.1, -0.05) is 6.07 Å². The SMILES string of the molecule is COCC(C)(C)N1CCN(Cc2ccc(C(=O)O)cc2F)CC1. The fraction of sp³-hybridized carbons (Fsp3) is 0.588. The molecule has 1 aromatic carbocycles. The molecule has 1 fully saturated rings. The Hall–Kier alpha value is -1.50. The number of ether oxygens (including phenoxy) is 1. The monoisotopic (exact) mass is 324 g/mol. The fourth-order valence-electron chi connectivity index (χ4n) is 3.01. The molecule has 0 unspecified atom stereocenters. The third kappa shape index (κ3) is 4.50. The van der Waals surface area contributed by atoms with Gasteiger partial charge in [-0.15, -0.1) is 0 Å². The number of benzene rings is 1. The van der Waals surface area contributed by atoms with E-state index in [1.807, 2.05) is 0 Å². The number of hydrogen-bond acceptors (Lipinski definition) is 4. The number of methoxy groups -OCH3 is 1. The molecular formula is C17H25FN2O3. The smallest absolute Gasteiger partial charge is 0.335 e. The predicted molar refractivity (Wildman–Crippen MR) is 86.2 cm³/mol. The second-order valence-electron chi connectivity index (χ2n) is 6.62. The first kappa shape index (κ1) is 17.8. The lowest BCUT2D eigenvalue weighted by Gasteiger charge is -2.43. The molecule has 0 radical (unpaired) electrons. The molecule has 0 spiro atoms. The van der Waals surface area contributed by atoms with E-state index in [4.69, 9.17) is 9.84 Å². The summed E-state index contributed by atoms with van der Waals surface area (Å²) in [5, 5.41) is 8.88. The van der Waals surface area contributed by atoms with Crippen LogP contribution in [0, 0.1) is 5.82 Å². The fourth-order valence-corrected chi connectivity index (χ4v) is 3.01. The van der Waals surface area contributed by atoms with Gasteiger partial charge in [-0.3, -0.25) is 9.80 Å². The van der Waals surface area contributed by atoms with Gasteiger partial charge in [0.1, 0.15) is 5.82 Å². The Morgan fingerprint density at radius 3 is 2.48 bits per heavy atom. The van der Waals surface area contributed by atoms with Crippen molar-refractivity contribution in [1.29, 1.82) is 0 Å². The summed E-state index contributed by atoms with van der Waals surface area (Å²) >= 11 is 0. The van der Waals surface area contributed by atoms with Crippen molar-refractivity contribution in [1.82, 2.24) is 9.80 Å². The molecule has 2 rings (SSSR count). The Balaban J connectivity index is 1.93. The average molecular weight is 324 g/mol. The molecule has 1 aromatic rings. The highest BCUT2D eigenvalue weighted by molar-refractivity contribution is 5.87. The summed E-state index contributed by atoms with van der Waals surface area (Å²) in [6.45, 7) is 9.03. The molecule has 0 amide bonds. The largest absolute Gasteiger partial charge is 0.478 e. The van der Waals surface area contributed by atoms with Crippen molar-refractivity contribution in [3.05, 3.63) is 35.1 Å². The minimum atomic E-state index is -1.11. The van der Waals surface area contributed by atoms with Gasteiger partial charge < -0.3 is 9.84 Å². The first-order valence-electron chi connectivity index (χ1n) is 7.81. The molecule has 0 atom stereocenters. The van der Waals surface area contributed by atoms with E-state index in [0.717, 1.165) is 32.2 Å². The van der Waals surface area contributed by atoms with E-state index in [9.17, 15) is 9.18 Å². The first-order valence-corrected chi connectivity index (χ1v) is 7.81. The molecule has 1 N–H and O–H groups in total. The molecule has 0 aromatic heterocycles. The van der Waals surface area contributed by atoms with Crippen LogP contribution < -0.4 is 0 Å². The number of rotatable bonds is 6. The Morgan fingerprint density at radius 1 is 1.30 bits per heavy atom. The number of aromatic carboxylic acids is 1. The van der Waals surface area contributed by atoms with Gasteiger partial charge in [0.25, 0.3) is 0 Å². The van der Waals surface area contributed by atoms with E-state index >= 15 is 0 Å². The zero-order valence-electron chi connectivity index (χ0n) is 14.0. The summed E-state index contributed by atoms with van der Waals surface area (Å²) in [7, 11) is 1.71. The number of carboxylic acid groups (broad SMARTS) is 1. The van der Waals surface area contributed by atoms with Crippen LogP contribution in [0.4, 0.5) is 4.39 Å². The summed E-state index contributed by atoms with van der Waals surface area (Å²) in [6, 6.07) is 4.12. The van der Waals surface area contributed by atoms with Gasteiger partial charge in [0.15, 0.2) is 0 Å². The van der Waals surface area contributed by atoms with Gasteiger partial charge in [0, 0.05) is 50.9 Å². The lowest BCUT2D eigenvalue weighted by Crippen LogP contribution is -2.56. The van der Waals surface area contributed by atoms with Crippen molar-refractivity contribution in [2.24, 2.45) is 0 Å². The zero-order valence-corrected chi connectivity index (χ0v) is 14.0. The number of halogens is 1. The number of hydrogen-bond donors (Lipinski definition) is 1. The molecule has 1 saturated heterocycles. The second kappa shape index (κ2) is 7.38. The highest BCUT2D eigenvalue weighted by Gasteiger charge is 2.30. The van der Waals surface area contributed by atoms with Crippen LogP contribution in [0.15, 0.2) is 18.2 Å². The molecule has 1 aliphatic rings. The molecule has 1 aliphatic heterocycles. The van der Waals surface area contributed by atoms with Crippen LogP contribution in [0.1, 0.15) is 29.8 Å². The molecule has 0 saturated carbocycles. The van der Waals surface area contributed by atoms with Crippen LogP contribution in [-0.2, 0) is 11.3 Å². The highest BCUT2D eigenvalue weighted by atomic mass is 19.1. The van der Waals surface area contributed by atoms with Crippen LogP contribution in [0.3, 0.4) is 0 Å². The summed E-state index contributed by atoms with van der Waals surface area (Å²) in [4.78, 5) is 15.4. The number of carbonyl (C=O) groups is 1. The molecule has 128 valence electrons. The maximum atomic E-state index is 14.0. The first-order chi connectivity index (χ1) is 10.8. The minimum absolute atomic E-state index is 0.00474. The Kier molecular flexibility index (Phi) is 5.73. The molecule has 6 heteroatoms. The lowest BCUT2D eigenvalue weighted by molar-refractivity contribution is 0.000577. The topological polar surface area (TPSA) is 53.0 Å². The summed E-state index contributed by atoms with van der Waals surface area (Å²) in [5.74, 6) is -1.56. The standard InChI is InChI=1S/C17H25FN2O3/c1-17(2,12-23-3)20-8-6-19(7-9-20)11-14-5-4-13(16(21)22)10-15(14)18/h4-5,10H,6-9,11-12H2,1-3H3,(H,21,22). The van der Waals surface area contributed by atoms with Crippen molar-refractivity contribution in [3.8, 4) is 0 Å². The summed E-state index contributed by atoms with van der Waals surface area (Å²) < 4.78 is 19.3. The van der Waals surface area contributed by atoms with Crippen molar-refractivity contribution in [2.45, 2.75) is 25.9 Å². The van der Waals surface area contributed by atoms with E-state index in [0.29, 0.717) is 18.7 Å². The highest BCUT2D eigenvalue weighted by Crippen LogP contribution is 2.19. The van der Waals surface area contributed by atoms with Gasteiger partial charge in [0.05, 0.1) is 12.2 Å². The maximum Gasteiger partial charge on any atom is 0.335 e. The van der Waals surface area contributed by atoms with Gasteiger partial charge >= 0.3 is 5.97 Å². The molecule has 5 nitrogen and oxygen atoms in total. The predicted octanol–water partition coefficient (Wildman–Crippen LogP) is 2.07. The third-order valence-electron chi connectivity index (χ3n) is 4.42. The molecular weight excluding hydrogens is 299 g/mol. The minimum Gasteiger partial charge on any atom is -0.478 e. The van der Waals surface area contributed by atoms with Crippen LogP contribution in [-0.4, -0.2) is 66.3 Å². The number of carboxylic acids is 1. The Bertz CT molecular complexity index is 555. The second-order valence-corrected chi connectivity index (χ2v) is 6.62. The van der Waals surface area contributed by atoms with Gasteiger partial charge in [0.2, 0.25) is 0 Å². The Labute approximate surface area is 136 Å². The van der Waals surface area contributed by atoms with Crippen molar-refractivity contribution in [2.75, 3.05) is 39.9 Å². The Morgan fingerprint density at radius 2 is 1.96 bits per heavy atom. The van der Waals surface area contributed by atoms with E-state index in [2.05, 4.69) is 23.6 Å². The van der Waals surface area contributed by atoms with Crippen LogP contribution in [0.25, 0.3) is 0 Å².